The van der Waals surface area contributed by atoms with Crippen LogP contribution in [0, 0.1) is 23.5 Å². The topological polar surface area (TPSA) is 26.3 Å². The number of allylic oxidation sites excluding steroid dienone is 2. The zero-order valence-electron chi connectivity index (χ0n) is 11.4. The molecular formula is C16H18F2O2. The van der Waals surface area contributed by atoms with Crippen molar-refractivity contribution in [2.24, 2.45) is 11.8 Å². The minimum absolute atomic E-state index is 0.122. The van der Waals surface area contributed by atoms with Gasteiger partial charge in [-0.15, -0.1) is 0 Å². The van der Waals surface area contributed by atoms with Gasteiger partial charge in [-0.05, 0) is 36.8 Å². The number of ketones is 1. The average Bonchev–Trinajstić information content (AvgIpc) is 2.40. The number of ether oxygens (including phenoxy) is 1. The molecule has 2 nitrogen and oxygen atoms in total. The van der Waals surface area contributed by atoms with Gasteiger partial charge in [0.15, 0.2) is 5.78 Å². The Morgan fingerprint density at radius 2 is 2.05 bits per heavy atom. The first-order chi connectivity index (χ1) is 9.58. The summed E-state index contributed by atoms with van der Waals surface area (Å²) in [7, 11) is 0. The van der Waals surface area contributed by atoms with E-state index in [9.17, 15) is 13.6 Å². The maximum absolute atomic E-state index is 13.4. The lowest BCUT2D eigenvalue weighted by molar-refractivity contribution is 0.0599. The number of hydrogen-bond acceptors (Lipinski definition) is 2. The number of hydrogen-bond donors (Lipinski definition) is 0. The Kier molecular flexibility index (Phi) is 5.01. The van der Waals surface area contributed by atoms with E-state index < -0.39 is 17.4 Å². The molecule has 2 unspecified atom stereocenters. The number of carbonyl (C=O) groups excluding carboxylic acids is 1. The zero-order valence-corrected chi connectivity index (χ0v) is 11.4. The molecule has 4 heteroatoms. The van der Waals surface area contributed by atoms with Gasteiger partial charge in [-0.25, -0.2) is 8.78 Å². The summed E-state index contributed by atoms with van der Waals surface area (Å²) in [6.45, 7) is 2.47. The van der Waals surface area contributed by atoms with E-state index in [4.69, 9.17) is 4.74 Å². The van der Waals surface area contributed by atoms with Crippen LogP contribution in [0.5, 0.6) is 0 Å². The monoisotopic (exact) mass is 280 g/mol. The fourth-order valence-corrected chi connectivity index (χ4v) is 2.34. The van der Waals surface area contributed by atoms with Gasteiger partial charge in [-0.2, -0.15) is 0 Å². The Morgan fingerprint density at radius 3 is 2.75 bits per heavy atom. The highest BCUT2D eigenvalue weighted by atomic mass is 19.1. The van der Waals surface area contributed by atoms with Gasteiger partial charge >= 0.3 is 0 Å². The molecule has 20 heavy (non-hydrogen) atoms. The average molecular weight is 280 g/mol. The number of benzene rings is 1. The second kappa shape index (κ2) is 6.75. The van der Waals surface area contributed by atoms with Crippen LogP contribution >= 0.6 is 0 Å². The second-order valence-electron chi connectivity index (χ2n) is 5.24. The first-order valence-corrected chi connectivity index (χ1v) is 6.79. The molecule has 2 atom stereocenters. The van der Waals surface area contributed by atoms with Gasteiger partial charge in [0.05, 0.1) is 12.2 Å². The van der Waals surface area contributed by atoms with Crippen molar-refractivity contribution in [3.8, 4) is 0 Å². The summed E-state index contributed by atoms with van der Waals surface area (Å²) >= 11 is 0. The van der Waals surface area contributed by atoms with Gasteiger partial charge < -0.3 is 4.74 Å². The van der Waals surface area contributed by atoms with Crippen molar-refractivity contribution in [1.82, 2.24) is 0 Å². The minimum Gasteiger partial charge on any atom is -0.373 e. The normalized spacial score (nSPS) is 21.9. The van der Waals surface area contributed by atoms with Crippen molar-refractivity contribution in [3.05, 3.63) is 47.5 Å². The van der Waals surface area contributed by atoms with Crippen molar-refractivity contribution in [2.45, 2.75) is 19.8 Å². The Labute approximate surface area is 117 Å². The third-order valence-corrected chi connectivity index (χ3v) is 3.71. The van der Waals surface area contributed by atoms with Crippen LogP contribution in [0.15, 0.2) is 30.4 Å². The fourth-order valence-electron chi connectivity index (χ4n) is 2.34. The summed E-state index contributed by atoms with van der Waals surface area (Å²) in [4.78, 5) is 11.8. The summed E-state index contributed by atoms with van der Waals surface area (Å²) in [6.07, 6.45) is 6.24. The van der Waals surface area contributed by atoms with Crippen molar-refractivity contribution in [2.75, 3.05) is 13.2 Å². The standard InChI is InChI=1S/C16H18F2O2/c1-11-4-2-3-5-12(11)9-20-10-16(19)14-7-6-13(17)8-15(14)18/h2-3,6-8,11-12H,4-5,9-10H2,1H3. The molecule has 0 heterocycles. The molecule has 0 amide bonds. The summed E-state index contributed by atoms with van der Waals surface area (Å²) in [5.41, 5.74) is -0.122. The predicted molar refractivity (Wildman–Crippen MR) is 72.5 cm³/mol. The third kappa shape index (κ3) is 3.73. The SMILES string of the molecule is CC1CC=CCC1COCC(=O)c1ccc(F)cc1F. The molecule has 0 aliphatic heterocycles. The van der Waals surface area contributed by atoms with Crippen LogP contribution in [0.3, 0.4) is 0 Å². The first-order valence-electron chi connectivity index (χ1n) is 6.79. The van der Waals surface area contributed by atoms with Gasteiger partial charge in [-0.3, -0.25) is 4.79 Å². The third-order valence-electron chi connectivity index (χ3n) is 3.71. The van der Waals surface area contributed by atoms with E-state index in [1.807, 2.05) is 0 Å². The maximum atomic E-state index is 13.4. The van der Waals surface area contributed by atoms with E-state index in [0.717, 1.165) is 25.0 Å². The Bertz CT molecular complexity index is 511. The van der Waals surface area contributed by atoms with Gasteiger partial charge in [0.1, 0.15) is 18.2 Å². The number of carbonyl (C=O) groups is 1. The minimum atomic E-state index is -0.840. The molecule has 0 spiro atoms. The van der Waals surface area contributed by atoms with E-state index in [0.29, 0.717) is 24.5 Å². The van der Waals surface area contributed by atoms with E-state index in [-0.39, 0.29) is 12.2 Å². The van der Waals surface area contributed by atoms with Gasteiger partial charge in [0.2, 0.25) is 0 Å². The molecule has 0 saturated heterocycles. The molecule has 1 aliphatic rings. The van der Waals surface area contributed by atoms with Crippen molar-refractivity contribution in [1.29, 1.82) is 0 Å². The van der Waals surface area contributed by atoms with Crippen LogP contribution in [0.1, 0.15) is 30.1 Å². The van der Waals surface area contributed by atoms with Crippen molar-refractivity contribution in [3.63, 3.8) is 0 Å². The van der Waals surface area contributed by atoms with Crippen LogP contribution in [-0.2, 0) is 4.74 Å². The maximum Gasteiger partial charge on any atom is 0.191 e. The summed E-state index contributed by atoms with van der Waals surface area (Å²) < 4.78 is 31.6. The molecule has 1 aliphatic carbocycles. The summed E-state index contributed by atoms with van der Waals surface area (Å²) in [5.74, 6) is -1.07. The first kappa shape index (κ1) is 14.9. The molecular weight excluding hydrogens is 262 g/mol. The van der Waals surface area contributed by atoms with Crippen LogP contribution < -0.4 is 0 Å². The highest BCUT2D eigenvalue weighted by Crippen LogP contribution is 2.25. The van der Waals surface area contributed by atoms with E-state index in [1.165, 1.54) is 0 Å². The second-order valence-corrected chi connectivity index (χ2v) is 5.24. The summed E-state index contributed by atoms with van der Waals surface area (Å²) in [6, 6.07) is 2.94. The van der Waals surface area contributed by atoms with E-state index >= 15 is 0 Å². The summed E-state index contributed by atoms with van der Waals surface area (Å²) in [5, 5.41) is 0. The van der Waals surface area contributed by atoms with Crippen molar-refractivity contribution >= 4 is 5.78 Å². The highest BCUT2D eigenvalue weighted by Gasteiger charge is 2.19. The smallest absolute Gasteiger partial charge is 0.191 e. The molecule has 108 valence electrons. The van der Waals surface area contributed by atoms with E-state index in [2.05, 4.69) is 19.1 Å². The molecule has 1 aromatic rings. The molecule has 0 saturated carbocycles. The van der Waals surface area contributed by atoms with Crippen LogP contribution in [0.25, 0.3) is 0 Å². The largest absolute Gasteiger partial charge is 0.373 e. The van der Waals surface area contributed by atoms with Gasteiger partial charge in [0, 0.05) is 6.07 Å². The molecule has 0 fully saturated rings. The predicted octanol–water partition coefficient (Wildman–Crippen LogP) is 3.77. The fraction of sp³-hybridized carbons (Fsp3) is 0.438. The molecule has 1 aromatic carbocycles. The van der Waals surface area contributed by atoms with Crippen LogP contribution in [0.4, 0.5) is 8.78 Å². The molecule has 0 bridgehead atoms. The highest BCUT2D eigenvalue weighted by molar-refractivity contribution is 5.97. The molecule has 0 aromatic heterocycles. The Hall–Kier alpha value is -1.55. The number of halogens is 2. The number of Topliss-reactive ketones (excluding diaryl/α,β-unsaturated/α-hetero) is 1. The quantitative estimate of drug-likeness (QED) is 0.606. The van der Waals surface area contributed by atoms with Gasteiger partial charge in [0.25, 0.3) is 0 Å². The van der Waals surface area contributed by atoms with Crippen molar-refractivity contribution < 1.29 is 18.3 Å². The number of rotatable bonds is 5. The lowest BCUT2D eigenvalue weighted by atomic mass is 9.85. The van der Waals surface area contributed by atoms with Crippen LogP contribution in [-0.4, -0.2) is 19.0 Å². The Morgan fingerprint density at radius 1 is 1.30 bits per heavy atom. The molecule has 0 N–H and O–H groups in total. The molecule has 0 radical (unpaired) electrons. The lowest BCUT2D eigenvalue weighted by Gasteiger charge is -2.24. The van der Waals surface area contributed by atoms with Gasteiger partial charge in [-0.1, -0.05) is 19.1 Å². The molecule has 2 rings (SSSR count). The Balaban J connectivity index is 1.84. The lowest BCUT2D eigenvalue weighted by Crippen LogP contribution is -2.22. The van der Waals surface area contributed by atoms with E-state index in [1.54, 1.807) is 0 Å². The van der Waals surface area contributed by atoms with Crippen LogP contribution in [0.2, 0.25) is 0 Å². The zero-order chi connectivity index (χ0) is 14.5.